The number of ether oxygens (including phenoxy) is 1. The van der Waals surface area contributed by atoms with Crippen LogP contribution in [-0.4, -0.2) is 35.5 Å². The number of carboxylic acid groups (broad SMARTS) is 1. The zero-order valence-corrected chi connectivity index (χ0v) is 23.9. The number of fused-ring (bicyclic) bond motifs is 1. The van der Waals surface area contributed by atoms with Gasteiger partial charge >= 0.3 is 5.97 Å². The van der Waals surface area contributed by atoms with Gasteiger partial charge in [0.1, 0.15) is 6.10 Å². The number of aryl methyl sites for hydroxylation is 1. The van der Waals surface area contributed by atoms with Crippen molar-refractivity contribution in [1.82, 2.24) is 15.3 Å². The van der Waals surface area contributed by atoms with E-state index >= 15 is 0 Å². The van der Waals surface area contributed by atoms with Gasteiger partial charge in [0, 0.05) is 24.2 Å². The second kappa shape index (κ2) is 11.7. The van der Waals surface area contributed by atoms with Gasteiger partial charge in [-0.1, -0.05) is 68.4 Å². The lowest BCUT2D eigenvalue weighted by Crippen LogP contribution is -2.42. The third-order valence-electron chi connectivity index (χ3n) is 7.00. The van der Waals surface area contributed by atoms with Crippen molar-refractivity contribution in [3.8, 4) is 17.1 Å². The number of aromatic nitrogens is 2. The quantitative estimate of drug-likeness (QED) is 0.237. The third kappa shape index (κ3) is 6.39. The molecule has 0 unspecified atom stereocenters. The highest BCUT2D eigenvalue weighted by Crippen LogP contribution is 2.35. The van der Waals surface area contributed by atoms with Crippen molar-refractivity contribution in [1.29, 1.82) is 0 Å². The number of carbonyl (C=O) groups is 1. The molecule has 41 heavy (non-hydrogen) atoms. The molecular formula is C31H32N4O5S. The average Bonchev–Trinajstić information content (AvgIpc) is 2.94. The molecule has 0 radical (unpaired) electrons. The lowest BCUT2D eigenvalue weighted by molar-refractivity contribution is 0.0696. The van der Waals surface area contributed by atoms with Crippen LogP contribution in [0.5, 0.6) is 5.88 Å². The molecule has 0 saturated carbocycles. The molecule has 1 aliphatic heterocycles. The number of sulfonamides is 1. The van der Waals surface area contributed by atoms with Crippen LogP contribution in [0.3, 0.4) is 0 Å². The van der Waals surface area contributed by atoms with E-state index in [9.17, 15) is 18.3 Å². The number of anilines is 1. The molecule has 2 heterocycles. The molecular weight excluding hydrogens is 540 g/mol. The molecule has 9 nitrogen and oxygen atoms in total. The summed E-state index contributed by atoms with van der Waals surface area (Å²) in [5.41, 5.74) is 4.27. The summed E-state index contributed by atoms with van der Waals surface area (Å²) >= 11 is 0. The van der Waals surface area contributed by atoms with Crippen molar-refractivity contribution in [2.75, 3.05) is 4.72 Å². The summed E-state index contributed by atoms with van der Waals surface area (Å²) in [5.74, 6) is -0.778. The zero-order chi connectivity index (χ0) is 29.1. The Kier molecular flexibility index (Phi) is 8.05. The topological polar surface area (TPSA) is 131 Å². The first-order valence-corrected chi connectivity index (χ1v) is 14.9. The number of nitrogens with one attached hydrogen (secondary N) is 2. The van der Waals surface area contributed by atoms with E-state index < -0.39 is 16.0 Å². The van der Waals surface area contributed by atoms with E-state index in [-0.39, 0.29) is 34.4 Å². The van der Waals surface area contributed by atoms with E-state index in [0.29, 0.717) is 11.6 Å². The fourth-order valence-corrected chi connectivity index (χ4v) is 6.02. The van der Waals surface area contributed by atoms with Crippen LogP contribution in [-0.2, 0) is 16.6 Å². The van der Waals surface area contributed by atoms with Crippen molar-refractivity contribution in [2.24, 2.45) is 5.92 Å². The minimum absolute atomic E-state index is 0.0145. The van der Waals surface area contributed by atoms with Gasteiger partial charge in [-0.2, -0.15) is 4.98 Å². The third-order valence-corrected chi connectivity index (χ3v) is 8.32. The van der Waals surface area contributed by atoms with Crippen LogP contribution in [0.2, 0.25) is 0 Å². The van der Waals surface area contributed by atoms with Crippen LogP contribution in [0.1, 0.15) is 53.4 Å². The van der Waals surface area contributed by atoms with E-state index in [2.05, 4.69) is 46.0 Å². The normalized spacial score (nSPS) is 16.7. The molecule has 212 valence electrons. The summed E-state index contributed by atoms with van der Waals surface area (Å²) in [6.07, 6.45) is 0.507. The Morgan fingerprint density at radius 1 is 1.05 bits per heavy atom. The van der Waals surface area contributed by atoms with E-state index in [0.717, 1.165) is 41.3 Å². The fourth-order valence-electron chi connectivity index (χ4n) is 5.03. The Morgan fingerprint density at radius 3 is 2.56 bits per heavy atom. The lowest BCUT2D eigenvalue weighted by Gasteiger charge is -2.35. The van der Waals surface area contributed by atoms with Gasteiger partial charge in [0.15, 0.2) is 0 Å². The first-order chi connectivity index (χ1) is 19.6. The van der Waals surface area contributed by atoms with Gasteiger partial charge in [0.2, 0.25) is 11.8 Å². The molecule has 5 rings (SSSR count). The Morgan fingerprint density at radius 2 is 1.80 bits per heavy atom. The van der Waals surface area contributed by atoms with E-state index in [1.807, 2.05) is 43.3 Å². The Bertz CT molecular complexity index is 1690. The molecule has 0 spiro atoms. The minimum Gasteiger partial charge on any atom is -0.478 e. The maximum absolute atomic E-state index is 13.3. The summed E-state index contributed by atoms with van der Waals surface area (Å²) in [5, 5.41) is 12.9. The number of aromatic carboxylic acids is 1. The van der Waals surface area contributed by atoms with Gasteiger partial charge < -0.3 is 15.2 Å². The first kappa shape index (κ1) is 28.3. The highest BCUT2D eigenvalue weighted by molar-refractivity contribution is 7.92. The number of benzene rings is 3. The molecule has 0 amide bonds. The zero-order valence-electron chi connectivity index (χ0n) is 23.0. The van der Waals surface area contributed by atoms with Crippen LogP contribution < -0.4 is 14.8 Å². The molecule has 0 saturated heterocycles. The minimum atomic E-state index is -4.21. The molecule has 0 fully saturated rings. The van der Waals surface area contributed by atoms with Gasteiger partial charge in [-0.05, 0) is 54.2 Å². The van der Waals surface area contributed by atoms with Gasteiger partial charge in [-0.15, -0.1) is 0 Å². The lowest BCUT2D eigenvalue weighted by atomic mass is 9.88. The summed E-state index contributed by atoms with van der Waals surface area (Å²) in [6.45, 7) is 6.99. The maximum Gasteiger partial charge on any atom is 0.335 e. The van der Waals surface area contributed by atoms with Crippen LogP contribution in [0.15, 0.2) is 83.8 Å². The van der Waals surface area contributed by atoms with Crippen molar-refractivity contribution in [3.05, 3.63) is 101 Å². The molecule has 1 aliphatic rings. The summed E-state index contributed by atoms with van der Waals surface area (Å²) in [4.78, 5) is 20.2. The van der Waals surface area contributed by atoms with Crippen molar-refractivity contribution in [3.63, 3.8) is 0 Å². The number of rotatable bonds is 9. The molecule has 0 bridgehead atoms. The average molecular weight is 573 g/mol. The highest BCUT2D eigenvalue weighted by Gasteiger charge is 2.32. The maximum atomic E-state index is 13.3. The van der Waals surface area contributed by atoms with Crippen LogP contribution in [0.25, 0.3) is 11.3 Å². The fraction of sp³-hybridized carbons (Fsp3) is 0.258. The summed E-state index contributed by atoms with van der Waals surface area (Å²) in [7, 11) is -4.21. The molecule has 2 atom stereocenters. The van der Waals surface area contributed by atoms with E-state index in [4.69, 9.17) is 4.74 Å². The number of nitrogens with zero attached hydrogens (tertiary/aromatic N) is 2. The second-order valence-electron chi connectivity index (χ2n) is 10.5. The molecule has 10 heteroatoms. The van der Waals surface area contributed by atoms with Gasteiger partial charge in [0.05, 0.1) is 16.2 Å². The summed E-state index contributed by atoms with van der Waals surface area (Å²) < 4.78 is 35.6. The molecule has 3 N–H and O–H groups in total. The first-order valence-electron chi connectivity index (χ1n) is 13.4. The second-order valence-corrected chi connectivity index (χ2v) is 12.2. The monoisotopic (exact) mass is 572 g/mol. The van der Waals surface area contributed by atoms with Gasteiger partial charge in [-0.3, -0.25) is 0 Å². The molecule has 4 aromatic rings. The number of carboxylic acids is 1. The van der Waals surface area contributed by atoms with E-state index in [1.54, 1.807) is 6.07 Å². The molecule has 0 aliphatic carbocycles. The van der Waals surface area contributed by atoms with Crippen LogP contribution in [0.4, 0.5) is 5.95 Å². The van der Waals surface area contributed by atoms with Gasteiger partial charge in [0.25, 0.3) is 10.0 Å². The Labute approximate surface area is 239 Å². The molecule has 3 aromatic carbocycles. The standard InChI is InChI=1S/C31H32N4O5S/c1-19(2)15-27-29(25-14-7-5-10-22(25)18-32-27)40-28-17-26(24-13-6-4-9-20(24)3)33-31(34-28)35-41(38,39)23-12-8-11-21(16-23)30(36)37/h4-14,16-17,19,27,29,32H,15,18H2,1-3H3,(H,36,37)(H,33,34,35)/t27-,29-/m1/s1. The molecule has 1 aromatic heterocycles. The predicted molar refractivity (Wildman–Crippen MR) is 156 cm³/mol. The highest BCUT2D eigenvalue weighted by atomic mass is 32.2. The number of hydrogen-bond acceptors (Lipinski definition) is 7. The van der Waals surface area contributed by atoms with Gasteiger partial charge in [-0.25, -0.2) is 22.9 Å². The van der Waals surface area contributed by atoms with Crippen molar-refractivity contribution in [2.45, 2.75) is 50.8 Å². The van der Waals surface area contributed by atoms with Crippen LogP contribution >= 0.6 is 0 Å². The van der Waals surface area contributed by atoms with Crippen molar-refractivity contribution >= 4 is 21.9 Å². The summed E-state index contributed by atoms with van der Waals surface area (Å²) in [6, 6.07) is 22.6. The van der Waals surface area contributed by atoms with Crippen LogP contribution in [0, 0.1) is 12.8 Å². The smallest absolute Gasteiger partial charge is 0.335 e. The predicted octanol–water partition coefficient (Wildman–Crippen LogP) is 5.59. The SMILES string of the molecule is Cc1ccccc1-c1cc(O[C@@H]2c3ccccc3CN[C@@H]2CC(C)C)nc(NS(=O)(=O)c2cccc(C(=O)O)c2)n1. The van der Waals surface area contributed by atoms with Crippen molar-refractivity contribution < 1.29 is 23.1 Å². The largest absolute Gasteiger partial charge is 0.478 e. The van der Waals surface area contributed by atoms with E-state index in [1.165, 1.54) is 18.2 Å². The Hall–Kier alpha value is -4.28. The Balaban J connectivity index is 1.57. The number of hydrogen-bond donors (Lipinski definition) is 3.